The highest BCUT2D eigenvalue weighted by molar-refractivity contribution is 7.99. The van der Waals surface area contributed by atoms with Crippen LogP contribution in [0.4, 0.5) is 23.0 Å². The molecule has 1 aromatic carbocycles. The van der Waals surface area contributed by atoms with E-state index in [9.17, 15) is 9.59 Å². The Kier molecular flexibility index (Phi) is 7.28. The van der Waals surface area contributed by atoms with Gasteiger partial charge in [0, 0.05) is 35.4 Å². The molecule has 0 radical (unpaired) electrons. The maximum atomic E-state index is 12.6. The Hall–Kier alpha value is -3.64. The number of nitrogens with one attached hydrogen (secondary N) is 3. The van der Waals surface area contributed by atoms with Crippen LogP contribution in [0.25, 0.3) is 0 Å². The fourth-order valence-corrected chi connectivity index (χ4v) is 3.69. The summed E-state index contributed by atoms with van der Waals surface area (Å²) in [6.07, 6.45) is 1.89. The molecule has 0 saturated heterocycles. The summed E-state index contributed by atoms with van der Waals surface area (Å²) in [6, 6.07) is 9.08. The molecule has 4 rings (SSSR count). The summed E-state index contributed by atoms with van der Waals surface area (Å²) in [7, 11) is 1.51. The second-order valence-corrected chi connectivity index (χ2v) is 8.74. The van der Waals surface area contributed by atoms with Crippen molar-refractivity contribution in [2.24, 2.45) is 5.92 Å². The van der Waals surface area contributed by atoms with Crippen molar-refractivity contribution < 1.29 is 19.1 Å². The van der Waals surface area contributed by atoms with Crippen LogP contribution in [0.2, 0.25) is 0 Å². The number of carbonyl (C=O) groups excluding carboxylic acids is 2. The largest absolute Gasteiger partial charge is 0.458 e. The van der Waals surface area contributed by atoms with E-state index in [-0.39, 0.29) is 47.4 Å². The first-order valence-corrected chi connectivity index (χ1v) is 11.5. The van der Waals surface area contributed by atoms with Crippen LogP contribution in [0.3, 0.4) is 0 Å². The van der Waals surface area contributed by atoms with Gasteiger partial charge in [0.05, 0.1) is 6.61 Å². The predicted molar refractivity (Wildman–Crippen MR) is 127 cm³/mol. The van der Waals surface area contributed by atoms with Crippen molar-refractivity contribution in [2.45, 2.75) is 29.8 Å². The quantitative estimate of drug-likeness (QED) is 0.192. The summed E-state index contributed by atoms with van der Waals surface area (Å²) in [4.78, 5) is 34.2. The number of esters is 1. The van der Waals surface area contributed by atoms with Gasteiger partial charge in [-0.15, -0.1) is 0 Å². The van der Waals surface area contributed by atoms with E-state index >= 15 is 0 Å². The van der Waals surface area contributed by atoms with Crippen molar-refractivity contribution in [3.05, 3.63) is 41.7 Å². The first-order chi connectivity index (χ1) is 16.4. The van der Waals surface area contributed by atoms with E-state index in [1.807, 2.05) is 31.2 Å². The number of rotatable bonds is 10. The molecule has 3 aromatic rings. The van der Waals surface area contributed by atoms with Crippen LogP contribution in [0, 0.1) is 12.8 Å². The van der Waals surface area contributed by atoms with Gasteiger partial charge in [0.15, 0.2) is 22.5 Å². The van der Waals surface area contributed by atoms with Crippen LogP contribution < -0.4 is 16.4 Å². The third-order valence-electron chi connectivity index (χ3n) is 4.87. The molecule has 0 unspecified atom stereocenters. The van der Waals surface area contributed by atoms with Gasteiger partial charge in [-0.1, -0.05) is 0 Å². The maximum Gasteiger partial charge on any atom is 0.359 e. The minimum Gasteiger partial charge on any atom is -0.458 e. The van der Waals surface area contributed by atoms with Gasteiger partial charge in [-0.3, -0.25) is 9.89 Å². The van der Waals surface area contributed by atoms with Crippen molar-refractivity contribution >= 4 is 46.6 Å². The lowest BCUT2D eigenvalue weighted by Crippen LogP contribution is -2.16. The third-order valence-corrected chi connectivity index (χ3v) is 5.74. The standard InChI is InChI=1S/C22H25N7O4S/c1-12-11-16(29-28-12)25-19-17(23)18(21(31)33-10-9-32-2)26-22(27-19)34-15-7-5-14(6-8-15)24-20(30)13-3-4-13/h5-8,11,13H,3-4,9-10,23H2,1-2H3,(H,24,30)(H2,25,26,27,28,29). The Morgan fingerprint density at radius 3 is 2.62 bits per heavy atom. The van der Waals surface area contributed by atoms with Gasteiger partial charge in [0.1, 0.15) is 12.3 Å². The van der Waals surface area contributed by atoms with E-state index in [2.05, 4.69) is 30.8 Å². The van der Waals surface area contributed by atoms with Crippen molar-refractivity contribution in [2.75, 3.05) is 36.7 Å². The number of nitrogen functional groups attached to an aromatic ring is 1. The van der Waals surface area contributed by atoms with Gasteiger partial charge in [-0.05, 0) is 55.8 Å². The van der Waals surface area contributed by atoms with Gasteiger partial charge in [-0.25, -0.2) is 14.8 Å². The molecule has 11 nitrogen and oxygen atoms in total. The fourth-order valence-electron chi connectivity index (χ4n) is 2.94. The summed E-state index contributed by atoms with van der Waals surface area (Å²) < 4.78 is 10.1. The Morgan fingerprint density at radius 1 is 1.21 bits per heavy atom. The SMILES string of the molecule is COCCOC(=O)c1nc(Sc2ccc(NC(=O)C3CC3)cc2)nc(Nc2cc(C)[nH]n2)c1N. The van der Waals surface area contributed by atoms with Gasteiger partial charge in [0.2, 0.25) is 5.91 Å². The van der Waals surface area contributed by atoms with E-state index in [1.54, 1.807) is 6.07 Å². The van der Waals surface area contributed by atoms with Crippen molar-refractivity contribution in [1.82, 2.24) is 20.2 Å². The van der Waals surface area contributed by atoms with Crippen molar-refractivity contribution in [3.63, 3.8) is 0 Å². The van der Waals surface area contributed by atoms with Crippen LogP contribution in [-0.2, 0) is 14.3 Å². The number of anilines is 4. The number of aryl methyl sites for hydroxylation is 1. The Bertz CT molecular complexity index is 1180. The first-order valence-electron chi connectivity index (χ1n) is 10.6. The van der Waals surface area contributed by atoms with Crippen LogP contribution in [0.15, 0.2) is 40.4 Å². The summed E-state index contributed by atoms with van der Waals surface area (Å²) in [5.41, 5.74) is 7.75. The molecule has 2 heterocycles. The average molecular weight is 484 g/mol. The number of methoxy groups -OCH3 is 1. The number of nitrogens with zero attached hydrogens (tertiary/aromatic N) is 3. The highest BCUT2D eigenvalue weighted by Crippen LogP contribution is 2.33. The summed E-state index contributed by atoms with van der Waals surface area (Å²) in [5.74, 6) is 0.217. The summed E-state index contributed by atoms with van der Waals surface area (Å²) >= 11 is 1.24. The maximum absolute atomic E-state index is 12.6. The molecule has 0 bridgehead atoms. The normalized spacial score (nSPS) is 12.9. The van der Waals surface area contributed by atoms with Crippen LogP contribution in [0.1, 0.15) is 29.0 Å². The molecule has 12 heteroatoms. The molecule has 178 valence electrons. The second kappa shape index (κ2) is 10.5. The Balaban J connectivity index is 1.55. The van der Waals surface area contributed by atoms with Gasteiger partial charge in [0.25, 0.3) is 0 Å². The molecule has 34 heavy (non-hydrogen) atoms. The number of hydrogen-bond donors (Lipinski definition) is 4. The van der Waals surface area contributed by atoms with Crippen molar-refractivity contribution in [1.29, 1.82) is 0 Å². The fraction of sp³-hybridized carbons (Fsp3) is 0.318. The predicted octanol–water partition coefficient (Wildman–Crippen LogP) is 3.14. The van der Waals surface area contributed by atoms with Crippen LogP contribution in [-0.4, -0.2) is 52.4 Å². The number of carbonyl (C=O) groups is 2. The van der Waals surface area contributed by atoms with Crippen LogP contribution in [0.5, 0.6) is 0 Å². The lowest BCUT2D eigenvalue weighted by atomic mass is 10.3. The monoisotopic (exact) mass is 483 g/mol. The van der Waals surface area contributed by atoms with Crippen LogP contribution >= 0.6 is 11.8 Å². The number of aromatic nitrogens is 4. The molecule has 0 spiro atoms. The Labute approximate surface area is 200 Å². The van der Waals surface area contributed by atoms with E-state index in [1.165, 1.54) is 18.9 Å². The number of nitrogens with two attached hydrogens (primary N) is 1. The van der Waals surface area contributed by atoms with E-state index in [4.69, 9.17) is 15.2 Å². The second-order valence-electron chi connectivity index (χ2n) is 7.70. The highest BCUT2D eigenvalue weighted by Gasteiger charge is 2.29. The number of aromatic amines is 1. The topological polar surface area (TPSA) is 157 Å². The number of ether oxygens (including phenoxy) is 2. The molecule has 1 aliphatic rings. The zero-order valence-electron chi connectivity index (χ0n) is 18.8. The summed E-state index contributed by atoms with van der Waals surface area (Å²) in [6.45, 7) is 2.17. The molecule has 0 aliphatic heterocycles. The molecule has 5 N–H and O–H groups in total. The van der Waals surface area contributed by atoms with E-state index < -0.39 is 5.97 Å². The number of H-pyrrole nitrogens is 1. The van der Waals surface area contributed by atoms with E-state index in [0.717, 1.165) is 29.1 Å². The van der Waals surface area contributed by atoms with Crippen molar-refractivity contribution in [3.8, 4) is 0 Å². The zero-order valence-corrected chi connectivity index (χ0v) is 19.6. The molecular formula is C22H25N7O4S. The summed E-state index contributed by atoms with van der Waals surface area (Å²) in [5, 5.41) is 13.2. The zero-order chi connectivity index (χ0) is 24.1. The molecule has 1 amide bonds. The Morgan fingerprint density at radius 2 is 1.97 bits per heavy atom. The minimum absolute atomic E-state index is 0.0446. The first kappa shape index (κ1) is 23.5. The lowest BCUT2D eigenvalue weighted by molar-refractivity contribution is -0.117. The number of benzene rings is 1. The molecule has 1 aliphatic carbocycles. The molecule has 0 atom stereocenters. The minimum atomic E-state index is -0.682. The highest BCUT2D eigenvalue weighted by atomic mass is 32.2. The molecule has 1 fully saturated rings. The molecule has 1 saturated carbocycles. The number of amides is 1. The lowest BCUT2D eigenvalue weighted by Gasteiger charge is -2.12. The average Bonchev–Trinajstić information content (AvgIpc) is 3.59. The molecular weight excluding hydrogens is 458 g/mol. The van der Waals surface area contributed by atoms with Gasteiger partial charge >= 0.3 is 5.97 Å². The third kappa shape index (κ3) is 6.02. The van der Waals surface area contributed by atoms with E-state index in [0.29, 0.717) is 5.82 Å². The molecule has 2 aromatic heterocycles. The van der Waals surface area contributed by atoms with Gasteiger partial charge < -0.3 is 25.8 Å². The number of hydrogen-bond acceptors (Lipinski definition) is 10. The smallest absolute Gasteiger partial charge is 0.359 e. The van der Waals surface area contributed by atoms with Gasteiger partial charge in [-0.2, -0.15) is 5.10 Å².